The lowest BCUT2D eigenvalue weighted by Gasteiger charge is -2.22. The van der Waals surface area contributed by atoms with Crippen LogP contribution in [0.25, 0.3) is 21.8 Å². The van der Waals surface area contributed by atoms with Crippen LogP contribution in [0, 0.1) is 11.7 Å². The maximum absolute atomic E-state index is 13.1. The number of aromatic nitrogens is 1. The maximum atomic E-state index is 13.1. The van der Waals surface area contributed by atoms with Gasteiger partial charge in [0.1, 0.15) is 11.9 Å². The SMILES string of the molecule is CCn1c2ccccc2c2cc(NC(=O)C(NC(=O)c3ccc(F)cc3)C(C)C)ccc21. The van der Waals surface area contributed by atoms with Crippen molar-refractivity contribution < 1.29 is 14.0 Å². The molecule has 0 fully saturated rings. The molecule has 0 radical (unpaired) electrons. The number of amides is 2. The predicted octanol–water partition coefficient (Wildman–Crippen LogP) is 5.35. The van der Waals surface area contributed by atoms with E-state index >= 15 is 0 Å². The van der Waals surface area contributed by atoms with Gasteiger partial charge in [0, 0.05) is 39.6 Å². The van der Waals surface area contributed by atoms with E-state index in [4.69, 9.17) is 0 Å². The van der Waals surface area contributed by atoms with Gasteiger partial charge in [-0.05, 0) is 61.4 Å². The Bertz CT molecular complexity index is 1290. The Kier molecular flexibility index (Phi) is 5.95. The van der Waals surface area contributed by atoms with Gasteiger partial charge in [-0.2, -0.15) is 0 Å². The van der Waals surface area contributed by atoms with Gasteiger partial charge < -0.3 is 15.2 Å². The zero-order valence-electron chi connectivity index (χ0n) is 18.4. The Labute approximate surface area is 186 Å². The first kappa shape index (κ1) is 21.6. The molecular formula is C26H26FN3O2. The molecule has 2 N–H and O–H groups in total. The van der Waals surface area contributed by atoms with E-state index in [2.05, 4.69) is 34.3 Å². The molecule has 1 heterocycles. The maximum Gasteiger partial charge on any atom is 0.251 e. The fourth-order valence-electron chi connectivity index (χ4n) is 4.05. The van der Waals surface area contributed by atoms with E-state index < -0.39 is 17.8 Å². The van der Waals surface area contributed by atoms with Gasteiger partial charge in [-0.25, -0.2) is 4.39 Å². The topological polar surface area (TPSA) is 63.1 Å². The molecule has 0 aliphatic carbocycles. The van der Waals surface area contributed by atoms with E-state index in [1.807, 2.05) is 44.2 Å². The van der Waals surface area contributed by atoms with Crippen LogP contribution in [0.1, 0.15) is 31.1 Å². The Balaban J connectivity index is 1.59. The molecule has 4 rings (SSSR count). The molecular weight excluding hydrogens is 405 g/mol. The monoisotopic (exact) mass is 431 g/mol. The molecule has 0 saturated heterocycles. The predicted molar refractivity (Wildman–Crippen MR) is 126 cm³/mol. The average molecular weight is 432 g/mol. The lowest BCUT2D eigenvalue weighted by atomic mass is 10.0. The largest absolute Gasteiger partial charge is 0.341 e. The summed E-state index contributed by atoms with van der Waals surface area (Å²) < 4.78 is 15.4. The van der Waals surface area contributed by atoms with Gasteiger partial charge in [-0.15, -0.1) is 0 Å². The summed E-state index contributed by atoms with van der Waals surface area (Å²) in [6.45, 7) is 6.69. The summed E-state index contributed by atoms with van der Waals surface area (Å²) in [6.07, 6.45) is 0. The zero-order chi connectivity index (χ0) is 22.8. The van der Waals surface area contributed by atoms with Crippen LogP contribution in [-0.4, -0.2) is 22.4 Å². The molecule has 1 aromatic heterocycles. The molecule has 0 aliphatic heterocycles. The van der Waals surface area contributed by atoms with Crippen LogP contribution in [0.15, 0.2) is 66.7 Å². The third-order valence-electron chi connectivity index (χ3n) is 5.70. The standard InChI is InChI=1S/C26H26FN3O2/c1-4-30-22-8-6-5-7-20(22)21-15-19(13-14-23(21)30)28-26(32)24(16(2)3)29-25(31)17-9-11-18(27)12-10-17/h5-16,24H,4H2,1-3H3,(H,28,32)(H,29,31). The highest BCUT2D eigenvalue weighted by molar-refractivity contribution is 6.10. The molecule has 5 nitrogen and oxygen atoms in total. The highest BCUT2D eigenvalue weighted by Crippen LogP contribution is 2.31. The number of anilines is 1. The van der Waals surface area contributed by atoms with E-state index in [0.717, 1.165) is 28.4 Å². The first-order valence-electron chi connectivity index (χ1n) is 10.8. The minimum absolute atomic E-state index is 0.134. The quantitative estimate of drug-likeness (QED) is 0.432. The van der Waals surface area contributed by atoms with Crippen LogP contribution in [0.5, 0.6) is 0 Å². The molecule has 0 bridgehead atoms. The van der Waals surface area contributed by atoms with Crippen LogP contribution < -0.4 is 10.6 Å². The van der Waals surface area contributed by atoms with E-state index in [1.165, 1.54) is 24.3 Å². The number of para-hydroxylation sites is 1. The van der Waals surface area contributed by atoms with Crippen molar-refractivity contribution in [1.29, 1.82) is 0 Å². The Hall–Kier alpha value is -3.67. The number of rotatable bonds is 6. The fraction of sp³-hybridized carbons (Fsp3) is 0.231. The van der Waals surface area contributed by atoms with E-state index in [-0.39, 0.29) is 11.8 Å². The van der Waals surface area contributed by atoms with Crippen LogP contribution in [0.4, 0.5) is 10.1 Å². The van der Waals surface area contributed by atoms with Crippen molar-refractivity contribution in [3.05, 3.63) is 78.1 Å². The second-order valence-corrected chi connectivity index (χ2v) is 8.18. The summed E-state index contributed by atoms with van der Waals surface area (Å²) in [4.78, 5) is 25.6. The second-order valence-electron chi connectivity index (χ2n) is 8.18. The van der Waals surface area contributed by atoms with Gasteiger partial charge >= 0.3 is 0 Å². The number of carbonyl (C=O) groups excluding carboxylic acids is 2. The number of hydrogen-bond acceptors (Lipinski definition) is 2. The third-order valence-corrected chi connectivity index (χ3v) is 5.70. The van der Waals surface area contributed by atoms with Gasteiger partial charge in [-0.1, -0.05) is 32.0 Å². The van der Waals surface area contributed by atoms with Crippen molar-refractivity contribution in [3.63, 3.8) is 0 Å². The zero-order valence-corrected chi connectivity index (χ0v) is 18.4. The number of benzene rings is 3. The minimum Gasteiger partial charge on any atom is -0.341 e. The van der Waals surface area contributed by atoms with Crippen LogP contribution in [0.3, 0.4) is 0 Å². The smallest absolute Gasteiger partial charge is 0.251 e. The number of nitrogens with one attached hydrogen (secondary N) is 2. The summed E-state index contributed by atoms with van der Waals surface area (Å²) in [5, 5.41) is 7.92. The van der Waals surface area contributed by atoms with Crippen molar-refractivity contribution in [3.8, 4) is 0 Å². The summed E-state index contributed by atoms with van der Waals surface area (Å²) in [6, 6.07) is 18.6. The molecule has 164 valence electrons. The van der Waals surface area contributed by atoms with Crippen molar-refractivity contribution in [2.45, 2.75) is 33.4 Å². The van der Waals surface area contributed by atoms with Crippen molar-refractivity contribution in [2.75, 3.05) is 5.32 Å². The van der Waals surface area contributed by atoms with Crippen LogP contribution in [0.2, 0.25) is 0 Å². The van der Waals surface area contributed by atoms with Crippen molar-refractivity contribution in [2.24, 2.45) is 5.92 Å². The van der Waals surface area contributed by atoms with Gasteiger partial charge in [0.05, 0.1) is 0 Å². The molecule has 3 aromatic carbocycles. The lowest BCUT2D eigenvalue weighted by Crippen LogP contribution is -2.47. The Morgan fingerprint density at radius 3 is 2.31 bits per heavy atom. The minimum atomic E-state index is -0.736. The third kappa shape index (κ3) is 4.08. The lowest BCUT2D eigenvalue weighted by molar-refractivity contribution is -0.118. The van der Waals surface area contributed by atoms with E-state index in [9.17, 15) is 14.0 Å². The van der Waals surface area contributed by atoms with Gasteiger partial charge in [0.15, 0.2) is 0 Å². The highest BCUT2D eigenvalue weighted by Gasteiger charge is 2.25. The van der Waals surface area contributed by atoms with E-state index in [0.29, 0.717) is 11.3 Å². The van der Waals surface area contributed by atoms with Gasteiger partial charge in [0.25, 0.3) is 5.91 Å². The van der Waals surface area contributed by atoms with Crippen molar-refractivity contribution >= 4 is 39.3 Å². The molecule has 2 amide bonds. The number of aryl methyl sites for hydroxylation is 1. The van der Waals surface area contributed by atoms with E-state index in [1.54, 1.807) is 0 Å². The number of nitrogens with zero attached hydrogens (tertiary/aromatic N) is 1. The molecule has 6 heteroatoms. The fourth-order valence-corrected chi connectivity index (χ4v) is 4.05. The number of hydrogen-bond donors (Lipinski definition) is 2. The van der Waals surface area contributed by atoms with Crippen molar-refractivity contribution in [1.82, 2.24) is 9.88 Å². The number of fused-ring (bicyclic) bond motifs is 3. The molecule has 1 unspecified atom stereocenters. The first-order chi connectivity index (χ1) is 15.4. The highest BCUT2D eigenvalue weighted by atomic mass is 19.1. The summed E-state index contributed by atoms with van der Waals surface area (Å²) in [7, 11) is 0. The summed E-state index contributed by atoms with van der Waals surface area (Å²) in [5.74, 6) is -1.26. The molecule has 0 aliphatic rings. The molecule has 4 aromatic rings. The molecule has 0 spiro atoms. The van der Waals surface area contributed by atoms with Crippen LogP contribution >= 0.6 is 0 Å². The van der Waals surface area contributed by atoms with Gasteiger partial charge in [0.2, 0.25) is 5.91 Å². The number of halogens is 1. The Morgan fingerprint density at radius 2 is 1.62 bits per heavy atom. The summed E-state index contributed by atoms with van der Waals surface area (Å²) in [5.41, 5.74) is 3.23. The molecule has 32 heavy (non-hydrogen) atoms. The normalized spacial score (nSPS) is 12.3. The summed E-state index contributed by atoms with van der Waals surface area (Å²) >= 11 is 0. The molecule has 1 atom stereocenters. The van der Waals surface area contributed by atoms with Crippen LogP contribution in [-0.2, 0) is 11.3 Å². The number of carbonyl (C=O) groups is 2. The Morgan fingerprint density at radius 1 is 0.938 bits per heavy atom. The van der Waals surface area contributed by atoms with Gasteiger partial charge in [-0.3, -0.25) is 9.59 Å². The molecule has 0 saturated carbocycles. The first-order valence-corrected chi connectivity index (χ1v) is 10.8. The average Bonchev–Trinajstić information content (AvgIpc) is 3.10. The second kappa shape index (κ2) is 8.83.